The van der Waals surface area contributed by atoms with Crippen LogP contribution in [0.3, 0.4) is 0 Å². The Kier molecular flexibility index (Phi) is 62.1. The molecule has 0 aromatic heterocycles. The molecule has 486 valence electrons. The van der Waals surface area contributed by atoms with Gasteiger partial charge in [0.2, 0.25) is 0 Å². The van der Waals surface area contributed by atoms with Crippen molar-refractivity contribution in [3.8, 4) is 0 Å². The summed E-state index contributed by atoms with van der Waals surface area (Å²) in [6.07, 6.45) is 89.6. The fourth-order valence-electron chi connectivity index (χ4n) is 9.76. The lowest BCUT2D eigenvalue weighted by atomic mass is 10.0. The third-order valence-electron chi connectivity index (χ3n) is 15.1. The van der Waals surface area contributed by atoms with Crippen molar-refractivity contribution in [3.05, 3.63) is 97.2 Å². The predicted octanol–water partition coefficient (Wildman–Crippen LogP) is 22.7. The summed E-state index contributed by atoms with van der Waals surface area (Å²) in [4.78, 5) is 35.8. The largest absolute Gasteiger partial charge is 0.472 e. The molecule has 0 aromatic carbocycles. The molecule has 0 aromatic rings. The molecular weight excluding hydrogens is 1060 g/mol. The van der Waals surface area contributed by atoms with Gasteiger partial charge in [-0.25, -0.2) is 4.57 Å². The summed E-state index contributed by atoms with van der Waals surface area (Å²) in [7, 11) is 1.46. The van der Waals surface area contributed by atoms with E-state index in [-0.39, 0.29) is 32.0 Å². The number of phosphoric acid groups is 1. The van der Waals surface area contributed by atoms with Gasteiger partial charge in [0.15, 0.2) is 6.10 Å². The average molecular weight is 1200 g/mol. The van der Waals surface area contributed by atoms with Crippen LogP contribution in [0.2, 0.25) is 0 Å². The number of unbranched alkanes of at least 4 members (excludes halogenated alkanes) is 34. The number of rotatable bonds is 64. The van der Waals surface area contributed by atoms with Crippen molar-refractivity contribution in [2.45, 2.75) is 315 Å². The minimum absolute atomic E-state index is 0.0247. The van der Waals surface area contributed by atoms with Crippen molar-refractivity contribution in [2.75, 3.05) is 47.5 Å². The summed E-state index contributed by atoms with van der Waals surface area (Å²) in [5.74, 6) is -0.813. The molecule has 0 amide bonds. The molecule has 0 saturated carbocycles. The Morgan fingerprint density at radius 2 is 0.679 bits per heavy atom. The number of phosphoric ester groups is 1. The number of allylic oxidation sites excluding steroid dienone is 16. The highest BCUT2D eigenvalue weighted by Gasteiger charge is 2.27. The first kappa shape index (κ1) is 80.9. The van der Waals surface area contributed by atoms with Crippen molar-refractivity contribution >= 4 is 19.8 Å². The highest BCUT2D eigenvalue weighted by molar-refractivity contribution is 7.47. The van der Waals surface area contributed by atoms with Gasteiger partial charge in [0, 0.05) is 12.8 Å². The monoisotopic (exact) mass is 1190 g/mol. The van der Waals surface area contributed by atoms with Crippen LogP contribution in [-0.4, -0.2) is 74.9 Å². The summed E-state index contributed by atoms with van der Waals surface area (Å²) < 4.78 is 34.7. The zero-order valence-electron chi connectivity index (χ0n) is 55.4. The molecule has 84 heavy (non-hydrogen) atoms. The summed E-state index contributed by atoms with van der Waals surface area (Å²) >= 11 is 0. The van der Waals surface area contributed by atoms with Gasteiger partial charge in [0.1, 0.15) is 19.8 Å². The van der Waals surface area contributed by atoms with Gasteiger partial charge in [-0.2, -0.15) is 0 Å². The Balaban J connectivity index is 3.97. The molecule has 0 aliphatic carbocycles. The standard InChI is InChI=1S/C74H132NO8P/c1-6-8-10-12-14-16-18-20-22-24-26-28-29-30-31-32-33-34-35-36-37-38-39-40-41-42-43-44-45-47-48-50-52-54-56-58-60-62-64-66-73(76)80-70-72(71-82-84(78,79)81-69-68-75(3,4)5)83-74(77)67-65-63-61-59-57-55-53-51-49-46-27-25-23-21-19-17-15-13-11-9-7-2/h9,11,15,17-18,20-21,23-24,26-27,29-30,46,51,53,72H,6-8,10,12-14,16,19,22,25,28,31-45,47-50,52,54-71H2,1-5H3/p+1/b11-9-,17-15-,20-18-,23-21-,26-24-,30-29-,46-27-,53-51-. The maximum atomic E-state index is 12.8. The minimum atomic E-state index is -4.40. The first-order valence-electron chi connectivity index (χ1n) is 35.0. The van der Waals surface area contributed by atoms with Crippen LogP contribution in [-0.2, 0) is 32.7 Å². The van der Waals surface area contributed by atoms with Gasteiger partial charge in [-0.1, -0.05) is 297 Å². The molecular formula is C74H133NO8P+. The van der Waals surface area contributed by atoms with Crippen molar-refractivity contribution < 1.29 is 42.1 Å². The van der Waals surface area contributed by atoms with E-state index in [4.69, 9.17) is 18.5 Å². The predicted molar refractivity (Wildman–Crippen MR) is 362 cm³/mol. The molecule has 0 fully saturated rings. The molecule has 0 radical (unpaired) electrons. The van der Waals surface area contributed by atoms with Gasteiger partial charge >= 0.3 is 19.8 Å². The van der Waals surface area contributed by atoms with Crippen molar-refractivity contribution in [1.29, 1.82) is 0 Å². The topological polar surface area (TPSA) is 108 Å². The third-order valence-corrected chi connectivity index (χ3v) is 16.1. The molecule has 0 aliphatic heterocycles. The Hall–Kier alpha value is -3.07. The van der Waals surface area contributed by atoms with Crippen LogP contribution in [0.5, 0.6) is 0 Å². The van der Waals surface area contributed by atoms with E-state index in [1.54, 1.807) is 0 Å². The van der Waals surface area contributed by atoms with Gasteiger partial charge in [-0.05, 0) is 96.3 Å². The second-order valence-electron chi connectivity index (χ2n) is 24.5. The number of esters is 2. The zero-order chi connectivity index (χ0) is 61.2. The Bertz CT molecular complexity index is 1740. The van der Waals surface area contributed by atoms with Crippen LogP contribution < -0.4 is 0 Å². The van der Waals surface area contributed by atoms with Crippen LogP contribution in [0.4, 0.5) is 0 Å². The van der Waals surface area contributed by atoms with E-state index < -0.39 is 26.5 Å². The van der Waals surface area contributed by atoms with Gasteiger partial charge in [0.25, 0.3) is 0 Å². The Morgan fingerprint density at radius 3 is 1.01 bits per heavy atom. The smallest absolute Gasteiger partial charge is 0.462 e. The molecule has 0 saturated heterocycles. The number of carbonyl (C=O) groups is 2. The third kappa shape index (κ3) is 68.0. The lowest BCUT2D eigenvalue weighted by Gasteiger charge is -2.24. The fourth-order valence-corrected chi connectivity index (χ4v) is 10.5. The van der Waals surface area contributed by atoms with Crippen LogP contribution in [0, 0.1) is 0 Å². The van der Waals surface area contributed by atoms with E-state index in [1.807, 2.05) is 21.1 Å². The number of likely N-dealkylation sites (N-methyl/N-ethyl adjacent to an activating group) is 1. The average Bonchev–Trinajstić information content (AvgIpc) is 3.61. The first-order valence-corrected chi connectivity index (χ1v) is 36.5. The van der Waals surface area contributed by atoms with Gasteiger partial charge in [0.05, 0.1) is 27.7 Å². The minimum Gasteiger partial charge on any atom is -0.462 e. The van der Waals surface area contributed by atoms with Gasteiger partial charge in [-0.3, -0.25) is 18.6 Å². The Labute approximate surface area is 519 Å². The zero-order valence-corrected chi connectivity index (χ0v) is 56.3. The lowest BCUT2D eigenvalue weighted by Crippen LogP contribution is -2.37. The van der Waals surface area contributed by atoms with Crippen molar-refractivity contribution in [3.63, 3.8) is 0 Å². The molecule has 0 aliphatic rings. The van der Waals surface area contributed by atoms with E-state index in [2.05, 4.69) is 111 Å². The molecule has 0 rings (SSSR count). The van der Waals surface area contributed by atoms with Gasteiger partial charge in [-0.15, -0.1) is 0 Å². The number of hydrogen-bond donors (Lipinski definition) is 1. The van der Waals surface area contributed by atoms with E-state index >= 15 is 0 Å². The molecule has 9 nitrogen and oxygen atoms in total. The summed E-state index contributed by atoms with van der Waals surface area (Å²) in [6.45, 7) is 4.31. The van der Waals surface area contributed by atoms with E-state index in [0.29, 0.717) is 17.4 Å². The SMILES string of the molecule is CC/C=C\C/C=C\C/C=C\C/C=C\C/C=C\CCCCCCCC(=O)OC(COC(=O)CCCCCCCCCCCCCCCCCCCCCCCCCC/C=C\C/C=C\C/C=C\CCCCCCC)COP(=O)(O)OCC[N+](C)(C)C. The first-order chi connectivity index (χ1) is 41.0. The molecule has 1 N–H and O–H groups in total. The number of quaternary nitrogens is 1. The summed E-state index contributed by atoms with van der Waals surface area (Å²) in [6, 6.07) is 0. The van der Waals surface area contributed by atoms with Crippen LogP contribution in [0.1, 0.15) is 309 Å². The van der Waals surface area contributed by atoms with Crippen LogP contribution in [0.25, 0.3) is 0 Å². The van der Waals surface area contributed by atoms with Crippen LogP contribution >= 0.6 is 7.82 Å². The quantitative estimate of drug-likeness (QED) is 0.0211. The highest BCUT2D eigenvalue weighted by atomic mass is 31.2. The maximum absolute atomic E-state index is 12.8. The second kappa shape index (κ2) is 64.4. The molecule has 2 atom stereocenters. The van der Waals surface area contributed by atoms with Gasteiger partial charge < -0.3 is 18.9 Å². The molecule has 2 unspecified atom stereocenters. The van der Waals surface area contributed by atoms with E-state index in [9.17, 15) is 19.0 Å². The van der Waals surface area contributed by atoms with Crippen molar-refractivity contribution in [1.82, 2.24) is 0 Å². The number of carbonyl (C=O) groups excluding carboxylic acids is 2. The highest BCUT2D eigenvalue weighted by Crippen LogP contribution is 2.43. The van der Waals surface area contributed by atoms with E-state index in [1.165, 1.54) is 180 Å². The number of hydrogen-bond acceptors (Lipinski definition) is 7. The lowest BCUT2D eigenvalue weighted by molar-refractivity contribution is -0.870. The van der Waals surface area contributed by atoms with Crippen molar-refractivity contribution in [2.24, 2.45) is 0 Å². The molecule has 0 spiro atoms. The summed E-state index contributed by atoms with van der Waals surface area (Å²) in [5, 5.41) is 0. The van der Waals surface area contributed by atoms with E-state index in [0.717, 1.165) is 96.3 Å². The fraction of sp³-hybridized carbons (Fsp3) is 0.757. The maximum Gasteiger partial charge on any atom is 0.472 e. The number of nitrogens with zero attached hydrogens (tertiary/aromatic N) is 1. The van der Waals surface area contributed by atoms with Crippen LogP contribution in [0.15, 0.2) is 97.2 Å². The molecule has 10 heteroatoms. The second-order valence-corrected chi connectivity index (χ2v) is 26.0. The summed E-state index contributed by atoms with van der Waals surface area (Å²) in [5.41, 5.74) is 0. The molecule has 0 heterocycles. The Morgan fingerprint density at radius 1 is 0.381 bits per heavy atom. The normalized spacial score (nSPS) is 13.7. The molecule has 0 bridgehead atoms. The number of ether oxygens (including phenoxy) is 2.